The lowest BCUT2D eigenvalue weighted by Crippen LogP contribution is -2.40. The van der Waals surface area contributed by atoms with Crippen LogP contribution >= 0.6 is 11.3 Å². The fraction of sp³-hybridized carbons (Fsp3) is 0.600. The van der Waals surface area contributed by atoms with Gasteiger partial charge in [0.25, 0.3) is 5.91 Å². The molecule has 2 rings (SSSR count). The van der Waals surface area contributed by atoms with Crippen molar-refractivity contribution in [2.24, 2.45) is 5.92 Å². The highest BCUT2D eigenvalue weighted by Gasteiger charge is 2.29. The molecule has 1 aliphatic rings. The fourth-order valence-electron chi connectivity index (χ4n) is 2.42. The third kappa shape index (κ3) is 3.39. The molecule has 1 aromatic rings. The van der Waals surface area contributed by atoms with E-state index < -0.39 is 0 Å². The van der Waals surface area contributed by atoms with E-state index in [1.165, 1.54) is 4.88 Å². The Morgan fingerprint density at radius 1 is 1.30 bits per heavy atom. The summed E-state index contributed by atoms with van der Waals surface area (Å²) in [6.45, 7) is 5.61. The first kappa shape index (κ1) is 15.0. The van der Waals surface area contributed by atoms with Crippen molar-refractivity contribution in [3.05, 3.63) is 21.9 Å². The maximum atomic E-state index is 12.4. The van der Waals surface area contributed by atoms with Gasteiger partial charge in [0.1, 0.15) is 0 Å². The molecule has 1 saturated heterocycles. The first-order chi connectivity index (χ1) is 9.65. The number of aryl methyl sites for hydroxylation is 1. The summed E-state index contributed by atoms with van der Waals surface area (Å²) < 4.78 is 5.04. The van der Waals surface area contributed by atoms with Gasteiger partial charge < -0.3 is 9.64 Å². The standard InChI is InChI=1S/C15H21NO3S/c1-3-12-5-6-13(20-12)14(17)16-9-7-11(8-10-16)15(18)19-4-2/h5-6,11H,3-4,7-10H2,1-2H3. The number of rotatable bonds is 4. The van der Waals surface area contributed by atoms with Gasteiger partial charge in [0.2, 0.25) is 0 Å². The second-order valence-electron chi connectivity index (χ2n) is 4.94. The molecule has 1 aromatic heterocycles. The summed E-state index contributed by atoms with van der Waals surface area (Å²) in [5.41, 5.74) is 0. The molecule has 2 heterocycles. The molecule has 0 saturated carbocycles. The molecule has 0 atom stereocenters. The first-order valence-electron chi connectivity index (χ1n) is 7.20. The number of hydrogen-bond acceptors (Lipinski definition) is 4. The van der Waals surface area contributed by atoms with Crippen LogP contribution in [-0.4, -0.2) is 36.5 Å². The highest BCUT2D eigenvalue weighted by molar-refractivity contribution is 7.14. The van der Waals surface area contributed by atoms with E-state index in [2.05, 4.69) is 6.92 Å². The van der Waals surface area contributed by atoms with Crippen molar-refractivity contribution in [2.75, 3.05) is 19.7 Å². The Labute approximate surface area is 123 Å². The molecule has 0 bridgehead atoms. The van der Waals surface area contributed by atoms with Crippen LogP contribution in [0.15, 0.2) is 12.1 Å². The molecular weight excluding hydrogens is 274 g/mol. The third-order valence-corrected chi connectivity index (χ3v) is 4.84. The number of piperidine rings is 1. The van der Waals surface area contributed by atoms with Crippen molar-refractivity contribution in [1.82, 2.24) is 4.90 Å². The Kier molecular flexibility index (Phi) is 5.17. The van der Waals surface area contributed by atoms with Crippen molar-refractivity contribution >= 4 is 23.2 Å². The van der Waals surface area contributed by atoms with Gasteiger partial charge >= 0.3 is 5.97 Å². The Bertz CT molecular complexity index is 475. The fourth-order valence-corrected chi connectivity index (χ4v) is 3.33. The number of ether oxygens (including phenoxy) is 1. The summed E-state index contributed by atoms with van der Waals surface area (Å²) in [6.07, 6.45) is 2.37. The minimum Gasteiger partial charge on any atom is -0.466 e. The molecule has 0 radical (unpaired) electrons. The average molecular weight is 295 g/mol. The molecule has 20 heavy (non-hydrogen) atoms. The van der Waals surface area contributed by atoms with E-state index in [9.17, 15) is 9.59 Å². The van der Waals surface area contributed by atoms with Crippen LogP contribution < -0.4 is 0 Å². The molecule has 0 aliphatic carbocycles. The van der Waals surface area contributed by atoms with Gasteiger partial charge in [0.15, 0.2) is 0 Å². The van der Waals surface area contributed by atoms with E-state index in [1.54, 1.807) is 11.3 Å². The summed E-state index contributed by atoms with van der Waals surface area (Å²) in [5.74, 6) is -0.0745. The predicted octanol–water partition coefficient (Wildman–Crippen LogP) is 2.73. The molecule has 1 aliphatic heterocycles. The Morgan fingerprint density at radius 2 is 2.00 bits per heavy atom. The van der Waals surface area contributed by atoms with Crippen LogP contribution in [0.5, 0.6) is 0 Å². The van der Waals surface area contributed by atoms with Gasteiger partial charge in [-0.1, -0.05) is 6.92 Å². The molecule has 4 nitrogen and oxygen atoms in total. The molecular formula is C15H21NO3S. The van der Waals surface area contributed by atoms with Crippen LogP contribution in [0.4, 0.5) is 0 Å². The number of hydrogen-bond donors (Lipinski definition) is 0. The number of likely N-dealkylation sites (tertiary alicyclic amines) is 1. The number of carbonyl (C=O) groups excluding carboxylic acids is 2. The highest BCUT2D eigenvalue weighted by Crippen LogP contribution is 2.23. The van der Waals surface area contributed by atoms with Crippen LogP contribution in [-0.2, 0) is 16.0 Å². The minimum absolute atomic E-state index is 0.0476. The zero-order valence-corrected chi connectivity index (χ0v) is 12.9. The molecule has 0 spiro atoms. The molecule has 0 aromatic carbocycles. The second-order valence-corrected chi connectivity index (χ2v) is 6.11. The summed E-state index contributed by atoms with van der Waals surface area (Å²) in [4.78, 5) is 27.9. The van der Waals surface area contributed by atoms with Gasteiger partial charge in [0, 0.05) is 18.0 Å². The average Bonchev–Trinajstić information content (AvgIpc) is 2.96. The van der Waals surface area contributed by atoms with Crippen molar-refractivity contribution in [1.29, 1.82) is 0 Å². The highest BCUT2D eigenvalue weighted by atomic mass is 32.1. The Morgan fingerprint density at radius 3 is 2.55 bits per heavy atom. The SMILES string of the molecule is CCOC(=O)C1CCN(C(=O)c2ccc(CC)s2)CC1. The molecule has 0 unspecified atom stereocenters. The Balaban J connectivity index is 1.90. The maximum Gasteiger partial charge on any atom is 0.309 e. The molecule has 1 amide bonds. The monoisotopic (exact) mass is 295 g/mol. The zero-order valence-electron chi connectivity index (χ0n) is 12.1. The van der Waals surface area contributed by atoms with E-state index in [1.807, 2.05) is 24.0 Å². The molecule has 1 fully saturated rings. The van der Waals surface area contributed by atoms with Gasteiger partial charge in [-0.2, -0.15) is 0 Å². The minimum atomic E-state index is -0.121. The van der Waals surface area contributed by atoms with E-state index in [-0.39, 0.29) is 17.8 Å². The zero-order chi connectivity index (χ0) is 14.5. The smallest absolute Gasteiger partial charge is 0.309 e. The van der Waals surface area contributed by atoms with E-state index in [0.29, 0.717) is 32.5 Å². The summed E-state index contributed by atoms with van der Waals surface area (Å²) in [5, 5.41) is 0. The lowest BCUT2D eigenvalue weighted by molar-refractivity contribution is -0.149. The van der Waals surface area contributed by atoms with Gasteiger partial charge in [0.05, 0.1) is 17.4 Å². The van der Waals surface area contributed by atoms with Crippen LogP contribution in [0.2, 0.25) is 0 Å². The van der Waals surface area contributed by atoms with E-state index in [0.717, 1.165) is 11.3 Å². The van der Waals surface area contributed by atoms with Gasteiger partial charge in [-0.15, -0.1) is 11.3 Å². The number of esters is 1. The summed E-state index contributed by atoms with van der Waals surface area (Å²) in [6, 6.07) is 3.92. The van der Waals surface area contributed by atoms with Crippen molar-refractivity contribution in [3.8, 4) is 0 Å². The summed E-state index contributed by atoms with van der Waals surface area (Å²) >= 11 is 1.57. The van der Waals surface area contributed by atoms with Crippen molar-refractivity contribution < 1.29 is 14.3 Å². The van der Waals surface area contributed by atoms with Crippen LogP contribution in [0.25, 0.3) is 0 Å². The normalized spacial score (nSPS) is 16.2. The van der Waals surface area contributed by atoms with Gasteiger partial charge in [-0.3, -0.25) is 9.59 Å². The first-order valence-corrected chi connectivity index (χ1v) is 8.02. The van der Waals surface area contributed by atoms with E-state index >= 15 is 0 Å². The van der Waals surface area contributed by atoms with Crippen LogP contribution in [0.1, 0.15) is 41.2 Å². The number of amides is 1. The second kappa shape index (κ2) is 6.88. The van der Waals surface area contributed by atoms with Crippen LogP contribution in [0, 0.1) is 5.92 Å². The lowest BCUT2D eigenvalue weighted by Gasteiger charge is -2.30. The third-order valence-electron chi connectivity index (χ3n) is 3.62. The van der Waals surface area contributed by atoms with E-state index in [4.69, 9.17) is 4.74 Å². The van der Waals surface area contributed by atoms with Gasteiger partial charge in [-0.25, -0.2) is 0 Å². The summed E-state index contributed by atoms with van der Waals surface area (Å²) in [7, 11) is 0. The molecule has 0 N–H and O–H groups in total. The largest absolute Gasteiger partial charge is 0.466 e. The quantitative estimate of drug-likeness (QED) is 0.802. The van der Waals surface area contributed by atoms with Gasteiger partial charge in [-0.05, 0) is 38.3 Å². The van der Waals surface area contributed by atoms with Crippen molar-refractivity contribution in [3.63, 3.8) is 0 Å². The maximum absolute atomic E-state index is 12.4. The molecule has 5 heteroatoms. The number of thiophene rings is 1. The molecule has 110 valence electrons. The number of carbonyl (C=O) groups is 2. The topological polar surface area (TPSA) is 46.6 Å². The lowest BCUT2D eigenvalue weighted by atomic mass is 9.97. The van der Waals surface area contributed by atoms with Crippen LogP contribution in [0.3, 0.4) is 0 Å². The predicted molar refractivity (Wildman–Crippen MR) is 79.0 cm³/mol. The number of nitrogens with zero attached hydrogens (tertiary/aromatic N) is 1. The van der Waals surface area contributed by atoms with Crippen molar-refractivity contribution in [2.45, 2.75) is 33.1 Å². The Hall–Kier alpha value is -1.36.